The Morgan fingerprint density at radius 2 is 1.90 bits per heavy atom. The van der Waals surface area contributed by atoms with Crippen molar-refractivity contribution in [2.75, 3.05) is 37.4 Å². The normalized spacial score (nSPS) is 18.1. The summed E-state index contributed by atoms with van der Waals surface area (Å²) in [6, 6.07) is 10.3. The summed E-state index contributed by atoms with van der Waals surface area (Å²) in [5, 5.41) is 0. The van der Waals surface area contributed by atoms with Crippen LogP contribution in [0.5, 0.6) is 5.75 Å². The standard InChI is InChI=1S/C24H33N3O3S/c1-19-5-8-24(25-17-19)26-12-9-20(10-13-26)4-3-15-30-23-7-6-22-18-27(31(2,28)29)14-11-21(22)16-23/h5-8,16-17,20H,3-4,9-15,18H2,1-2H3. The maximum absolute atomic E-state index is 11.8. The minimum atomic E-state index is -3.13. The lowest BCUT2D eigenvalue weighted by Gasteiger charge is -2.32. The van der Waals surface area contributed by atoms with Crippen molar-refractivity contribution in [1.29, 1.82) is 0 Å². The van der Waals surface area contributed by atoms with E-state index in [0.717, 1.165) is 55.6 Å². The lowest BCUT2D eigenvalue weighted by atomic mass is 9.92. The van der Waals surface area contributed by atoms with Gasteiger partial charge in [0.2, 0.25) is 10.0 Å². The Balaban J connectivity index is 1.18. The maximum atomic E-state index is 11.8. The SMILES string of the molecule is Cc1ccc(N2CCC(CCCOc3ccc4c(c3)CCN(S(C)(=O)=O)C4)CC2)nc1. The molecule has 7 heteroatoms. The number of hydrogen-bond acceptors (Lipinski definition) is 5. The summed E-state index contributed by atoms with van der Waals surface area (Å²) in [5.74, 6) is 2.75. The van der Waals surface area contributed by atoms with Crippen molar-refractivity contribution in [2.45, 2.75) is 45.6 Å². The number of rotatable bonds is 7. The Bertz CT molecular complexity index is 984. The van der Waals surface area contributed by atoms with Crippen LogP contribution in [0.4, 0.5) is 5.82 Å². The van der Waals surface area contributed by atoms with Gasteiger partial charge in [0, 0.05) is 32.4 Å². The molecule has 4 rings (SSSR count). The Morgan fingerprint density at radius 3 is 2.61 bits per heavy atom. The highest BCUT2D eigenvalue weighted by molar-refractivity contribution is 7.88. The Hall–Kier alpha value is -2.12. The summed E-state index contributed by atoms with van der Waals surface area (Å²) < 4.78 is 31.1. The first-order valence-corrected chi connectivity index (χ1v) is 13.1. The average Bonchev–Trinajstić information content (AvgIpc) is 2.77. The van der Waals surface area contributed by atoms with Crippen molar-refractivity contribution < 1.29 is 13.2 Å². The van der Waals surface area contributed by atoms with Crippen LogP contribution in [0.3, 0.4) is 0 Å². The van der Waals surface area contributed by atoms with E-state index in [9.17, 15) is 8.42 Å². The van der Waals surface area contributed by atoms with Crippen LogP contribution in [0.25, 0.3) is 0 Å². The van der Waals surface area contributed by atoms with E-state index in [0.29, 0.717) is 13.1 Å². The van der Waals surface area contributed by atoms with Gasteiger partial charge in [-0.15, -0.1) is 0 Å². The summed E-state index contributed by atoms with van der Waals surface area (Å²) >= 11 is 0. The van der Waals surface area contributed by atoms with Crippen LogP contribution < -0.4 is 9.64 Å². The largest absolute Gasteiger partial charge is 0.494 e. The molecule has 1 aromatic heterocycles. The van der Waals surface area contributed by atoms with Gasteiger partial charge in [0.25, 0.3) is 0 Å². The van der Waals surface area contributed by atoms with E-state index < -0.39 is 10.0 Å². The quantitative estimate of drug-likeness (QED) is 0.610. The van der Waals surface area contributed by atoms with Crippen LogP contribution >= 0.6 is 0 Å². The van der Waals surface area contributed by atoms with Crippen molar-refractivity contribution in [2.24, 2.45) is 5.92 Å². The number of nitrogens with zero attached hydrogens (tertiary/aromatic N) is 3. The lowest BCUT2D eigenvalue weighted by Crippen LogP contribution is -2.35. The molecular formula is C24H33N3O3S. The second-order valence-corrected chi connectivity index (χ2v) is 10.9. The molecule has 0 saturated carbocycles. The number of benzene rings is 1. The lowest BCUT2D eigenvalue weighted by molar-refractivity contribution is 0.278. The van der Waals surface area contributed by atoms with Gasteiger partial charge in [0.05, 0.1) is 12.9 Å². The van der Waals surface area contributed by atoms with Gasteiger partial charge in [-0.3, -0.25) is 0 Å². The van der Waals surface area contributed by atoms with Crippen LogP contribution in [0.1, 0.15) is 42.4 Å². The number of aryl methyl sites for hydroxylation is 1. The van der Waals surface area contributed by atoms with E-state index in [-0.39, 0.29) is 0 Å². The summed E-state index contributed by atoms with van der Waals surface area (Å²) in [6.07, 6.45) is 8.65. The van der Waals surface area contributed by atoms with Crippen LogP contribution in [0.15, 0.2) is 36.5 Å². The molecular weight excluding hydrogens is 410 g/mol. The summed E-state index contributed by atoms with van der Waals surface area (Å²) in [5.41, 5.74) is 3.49. The first kappa shape index (κ1) is 22.1. The predicted octanol–water partition coefficient (Wildman–Crippen LogP) is 3.78. The third kappa shape index (κ3) is 5.77. The van der Waals surface area contributed by atoms with Gasteiger partial charge >= 0.3 is 0 Å². The van der Waals surface area contributed by atoms with Crippen LogP contribution in [-0.4, -0.2) is 50.2 Å². The van der Waals surface area contributed by atoms with E-state index in [1.807, 2.05) is 18.3 Å². The van der Waals surface area contributed by atoms with Crippen LogP contribution in [0.2, 0.25) is 0 Å². The first-order valence-electron chi connectivity index (χ1n) is 11.3. The third-order valence-corrected chi connectivity index (χ3v) is 7.73. The van der Waals surface area contributed by atoms with E-state index in [2.05, 4.69) is 35.0 Å². The fourth-order valence-electron chi connectivity index (χ4n) is 4.54. The van der Waals surface area contributed by atoms with Crippen molar-refractivity contribution in [3.8, 4) is 5.75 Å². The molecule has 0 radical (unpaired) electrons. The Labute approximate surface area is 186 Å². The predicted molar refractivity (Wildman–Crippen MR) is 124 cm³/mol. The van der Waals surface area contributed by atoms with E-state index in [4.69, 9.17) is 4.74 Å². The number of sulfonamides is 1. The van der Waals surface area contributed by atoms with Gasteiger partial charge in [0.15, 0.2) is 0 Å². The second kappa shape index (κ2) is 9.57. The van der Waals surface area contributed by atoms with Crippen LogP contribution in [0, 0.1) is 12.8 Å². The monoisotopic (exact) mass is 443 g/mol. The maximum Gasteiger partial charge on any atom is 0.211 e. The molecule has 0 amide bonds. The molecule has 2 aromatic rings. The molecule has 2 aliphatic heterocycles. The van der Waals surface area contributed by atoms with Crippen molar-refractivity contribution in [3.63, 3.8) is 0 Å². The number of ether oxygens (including phenoxy) is 1. The van der Waals surface area contributed by atoms with Gasteiger partial charge in [-0.2, -0.15) is 4.31 Å². The Kier molecular flexibility index (Phi) is 6.82. The van der Waals surface area contributed by atoms with Crippen LogP contribution in [-0.2, 0) is 23.0 Å². The van der Waals surface area contributed by atoms with Crippen molar-refractivity contribution in [3.05, 3.63) is 53.2 Å². The second-order valence-electron chi connectivity index (χ2n) is 8.89. The highest BCUT2D eigenvalue weighted by Crippen LogP contribution is 2.27. The number of pyridine rings is 1. The first-order chi connectivity index (χ1) is 14.9. The van der Waals surface area contributed by atoms with Gasteiger partial charge in [-0.1, -0.05) is 12.1 Å². The Morgan fingerprint density at radius 1 is 1.10 bits per heavy atom. The third-order valence-electron chi connectivity index (χ3n) is 6.48. The molecule has 0 aliphatic carbocycles. The minimum absolute atomic E-state index is 0.464. The molecule has 168 valence electrons. The van der Waals surface area contributed by atoms with Crippen molar-refractivity contribution in [1.82, 2.24) is 9.29 Å². The fourth-order valence-corrected chi connectivity index (χ4v) is 5.33. The van der Waals surface area contributed by atoms with Gasteiger partial charge in [-0.05, 0) is 79.8 Å². The summed E-state index contributed by atoms with van der Waals surface area (Å²) in [4.78, 5) is 6.95. The highest BCUT2D eigenvalue weighted by atomic mass is 32.2. The molecule has 3 heterocycles. The molecule has 0 spiro atoms. The number of piperidine rings is 1. The molecule has 0 atom stereocenters. The molecule has 1 saturated heterocycles. The fraction of sp³-hybridized carbons (Fsp3) is 0.542. The molecule has 31 heavy (non-hydrogen) atoms. The highest BCUT2D eigenvalue weighted by Gasteiger charge is 2.23. The zero-order valence-electron chi connectivity index (χ0n) is 18.6. The molecule has 0 unspecified atom stereocenters. The molecule has 0 N–H and O–H groups in total. The number of hydrogen-bond donors (Lipinski definition) is 0. The molecule has 2 aliphatic rings. The molecule has 6 nitrogen and oxygen atoms in total. The number of aromatic nitrogens is 1. The van der Waals surface area contributed by atoms with Gasteiger partial charge in [-0.25, -0.2) is 13.4 Å². The zero-order valence-corrected chi connectivity index (χ0v) is 19.4. The van der Waals surface area contributed by atoms with E-state index in [1.165, 1.54) is 41.0 Å². The summed E-state index contributed by atoms with van der Waals surface area (Å²) in [7, 11) is -3.13. The van der Waals surface area contributed by atoms with E-state index >= 15 is 0 Å². The zero-order chi connectivity index (χ0) is 21.8. The van der Waals surface area contributed by atoms with Crippen molar-refractivity contribution >= 4 is 15.8 Å². The summed E-state index contributed by atoms with van der Waals surface area (Å²) in [6.45, 7) is 5.97. The molecule has 1 fully saturated rings. The number of fused-ring (bicyclic) bond motifs is 1. The topological polar surface area (TPSA) is 62.7 Å². The average molecular weight is 444 g/mol. The molecule has 1 aromatic carbocycles. The number of anilines is 1. The van der Waals surface area contributed by atoms with E-state index in [1.54, 1.807) is 0 Å². The van der Waals surface area contributed by atoms with Gasteiger partial charge in [0.1, 0.15) is 11.6 Å². The van der Waals surface area contributed by atoms with Gasteiger partial charge < -0.3 is 9.64 Å². The molecule has 0 bridgehead atoms. The minimum Gasteiger partial charge on any atom is -0.494 e. The smallest absolute Gasteiger partial charge is 0.211 e.